The van der Waals surface area contributed by atoms with E-state index in [9.17, 15) is 192 Å². The molecule has 0 saturated carbocycles. The molecule has 0 aromatic rings. The van der Waals surface area contributed by atoms with Crippen molar-refractivity contribution >= 4 is 29.5 Å². The number of aliphatic hydroxyl groups is 33. The quantitative estimate of drug-likeness (QED) is 0.0272. The first-order valence-electron chi connectivity index (χ1n) is 47.2. The van der Waals surface area contributed by atoms with E-state index in [1.54, 1.807) is 0 Å². The number of hydrogen-bond donors (Lipinski definition) is 38. The molecule has 12 fully saturated rings. The summed E-state index contributed by atoms with van der Waals surface area (Å²) in [5.41, 5.74) is 0. The van der Waals surface area contributed by atoms with Gasteiger partial charge in [-0.2, -0.15) is 0 Å². The summed E-state index contributed by atoms with van der Waals surface area (Å²) in [7, 11) is 0. The van der Waals surface area contributed by atoms with Crippen molar-refractivity contribution in [3.05, 3.63) is 0 Å². The molecule has 856 valence electrons. The lowest BCUT2D eigenvalue weighted by Gasteiger charge is -2.51. The summed E-state index contributed by atoms with van der Waals surface area (Å²) in [6.45, 7) is -9.07. The Morgan fingerprint density at radius 3 is 0.581 bits per heavy atom. The van der Waals surface area contributed by atoms with E-state index in [4.69, 9.17) is 109 Å². The van der Waals surface area contributed by atoms with Crippen LogP contribution in [0.25, 0.3) is 0 Å². The number of aliphatic hydroxyl groups excluding tert-OH is 33. The molecule has 0 aromatic carbocycles. The fourth-order valence-corrected chi connectivity index (χ4v) is 19.3. The van der Waals surface area contributed by atoms with Crippen LogP contribution in [0.2, 0.25) is 0 Å². The van der Waals surface area contributed by atoms with Gasteiger partial charge in [0.1, 0.15) is 293 Å². The van der Waals surface area contributed by atoms with Crippen LogP contribution < -0.4 is 26.6 Å². The molecule has 12 aliphatic rings. The largest absolute Gasteiger partial charge is 0.394 e. The molecule has 0 spiro atoms. The smallest absolute Gasteiger partial charge is 0.217 e. The molecule has 66 heteroatoms. The summed E-state index contributed by atoms with van der Waals surface area (Å²) in [6, 6.07) is -9.96. The van der Waals surface area contributed by atoms with Gasteiger partial charge in [-0.25, -0.2) is 0 Å². The molecule has 0 bridgehead atoms. The van der Waals surface area contributed by atoms with Crippen LogP contribution in [-0.4, -0.2) is 645 Å². The van der Waals surface area contributed by atoms with Crippen molar-refractivity contribution in [2.24, 2.45) is 0 Å². The third kappa shape index (κ3) is 26.9. The first kappa shape index (κ1) is 122. The lowest BCUT2D eigenvalue weighted by Crippen LogP contribution is -2.71. The average Bonchev–Trinajstić information content (AvgIpc) is 0.765. The Kier molecular flexibility index (Phi) is 43.9. The van der Waals surface area contributed by atoms with Gasteiger partial charge in [-0.15, -0.1) is 0 Å². The van der Waals surface area contributed by atoms with Crippen LogP contribution in [0.3, 0.4) is 0 Å². The van der Waals surface area contributed by atoms with Crippen molar-refractivity contribution in [1.82, 2.24) is 26.6 Å². The zero-order valence-electron chi connectivity index (χ0n) is 79.3. The van der Waals surface area contributed by atoms with Gasteiger partial charge >= 0.3 is 0 Å². The zero-order chi connectivity index (χ0) is 109. The van der Waals surface area contributed by atoms with Gasteiger partial charge in [-0.3, -0.25) is 24.0 Å². The second kappa shape index (κ2) is 53.4. The van der Waals surface area contributed by atoms with E-state index in [1.807, 2.05) is 0 Å². The minimum Gasteiger partial charge on any atom is -0.394 e. The van der Waals surface area contributed by atoms with Crippen LogP contribution >= 0.6 is 0 Å². The van der Waals surface area contributed by atoms with Gasteiger partial charge in [0.25, 0.3) is 0 Å². The average molecular weight is 2170 g/mol. The highest BCUT2D eigenvalue weighted by Crippen LogP contribution is 2.43. The van der Waals surface area contributed by atoms with Gasteiger partial charge < -0.3 is 304 Å². The van der Waals surface area contributed by atoms with Crippen molar-refractivity contribution in [3.63, 3.8) is 0 Å². The van der Waals surface area contributed by atoms with E-state index < -0.39 is 477 Å². The van der Waals surface area contributed by atoms with Crippen LogP contribution in [0.4, 0.5) is 0 Å². The molecule has 5 amide bonds. The molecule has 12 saturated heterocycles. The normalized spacial score (nSPS) is 49.3. The molecule has 60 atom stereocenters. The Morgan fingerprint density at radius 2 is 0.351 bits per heavy atom. The molecule has 12 aliphatic heterocycles. The number of nitrogens with one attached hydrogen (secondary N) is 5. The summed E-state index contributed by atoms with van der Waals surface area (Å²) in [5.74, 6) is -4.97. The minimum absolute atomic E-state index is 0.882. The second-order valence-electron chi connectivity index (χ2n) is 37.4. The number of ether oxygens (including phenoxy) is 23. The molecule has 148 heavy (non-hydrogen) atoms. The Labute approximate surface area is 837 Å². The molecule has 1 unspecified atom stereocenters. The highest BCUT2D eigenvalue weighted by molar-refractivity contribution is 5.75. The molecular weight excluding hydrogens is 2030 g/mol. The number of rotatable bonds is 39. The van der Waals surface area contributed by atoms with E-state index in [0.717, 1.165) is 34.6 Å². The van der Waals surface area contributed by atoms with Crippen LogP contribution in [0.5, 0.6) is 0 Å². The van der Waals surface area contributed by atoms with Crippen molar-refractivity contribution in [2.75, 3.05) is 79.3 Å². The van der Waals surface area contributed by atoms with Crippen molar-refractivity contribution in [1.29, 1.82) is 0 Å². The van der Waals surface area contributed by atoms with Crippen molar-refractivity contribution < 1.29 is 301 Å². The molecule has 0 radical (unpaired) electrons. The van der Waals surface area contributed by atoms with Gasteiger partial charge in [0.15, 0.2) is 75.5 Å². The number of hydrogen-bond acceptors (Lipinski definition) is 61. The molecular formula is C82H137N5O61. The highest BCUT2D eigenvalue weighted by Gasteiger charge is 2.64. The molecule has 38 N–H and O–H groups in total. The number of carbonyl (C=O) groups excluding carboxylic acids is 5. The van der Waals surface area contributed by atoms with Crippen LogP contribution in [0.15, 0.2) is 0 Å². The maximum Gasteiger partial charge on any atom is 0.217 e. The maximum absolute atomic E-state index is 13.4. The minimum atomic E-state index is -2.60. The van der Waals surface area contributed by atoms with Crippen LogP contribution in [-0.2, 0) is 133 Å². The van der Waals surface area contributed by atoms with Gasteiger partial charge in [0.05, 0.1) is 79.3 Å². The van der Waals surface area contributed by atoms with Gasteiger partial charge in [-0.1, -0.05) is 0 Å². The Bertz CT molecular complexity index is 4130. The van der Waals surface area contributed by atoms with Crippen LogP contribution in [0.1, 0.15) is 34.6 Å². The molecule has 0 aromatic heterocycles. The third-order valence-electron chi connectivity index (χ3n) is 27.1. The van der Waals surface area contributed by atoms with Gasteiger partial charge in [0, 0.05) is 34.6 Å². The monoisotopic (exact) mass is 2170 g/mol. The molecule has 66 nitrogen and oxygen atoms in total. The molecule has 12 rings (SSSR count). The lowest BCUT2D eigenvalue weighted by molar-refractivity contribution is -0.387. The molecule has 0 aliphatic carbocycles. The third-order valence-corrected chi connectivity index (χ3v) is 27.1. The first-order chi connectivity index (χ1) is 70.1. The van der Waals surface area contributed by atoms with E-state index >= 15 is 0 Å². The lowest BCUT2D eigenvalue weighted by atomic mass is 9.93. The fourth-order valence-electron chi connectivity index (χ4n) is 19.3. The maximum atomic E-state index is 13.4. The summed E-state index contributed by atoms with van der Waals surface area (Å²) in [5, 5.41) is 381. The van der Waals surface area contributed by atoms with Gasteiger partial charge in [-0.05, 0) is 0 Å². The highest BCUT2D eigenvalue weighted by atomic mass is 16.8. The predicted octanol–water partition coefficient (Wildman–Crippen LogP) is -26.4. The summed E-state index contributed by atoms with van der Waals surface area (Å²) in [4.78, 5) is 65.7. The summed E-state index contributed by atoms with van der Waals surface area (Å²) in [6.07, 6.45) is -116. The van der Waals surface area contributed by atoms with Gasteiger partial charge in [0.2, 0.25) is 29.5 Å². The fraction of sp³-hybridized carbons (Fsp3) is 0.939. The van der Waals surface area contributed by atoms with E-state index in [0.29, 0.717) is 0 Å². The number of amides is 5. The molecule has 12 heterocycles. The Morgan fingerprint density at radius 1 is 0.176 bits per heavy atom. The van der Waals surface area contributed by atoms with Crippen molar-refractivity contribution in [2.45, 2.75) is 403 Å². The second-order valence-corrected chi connectivity index (χ2v) is 37.4. The Balaban J connectivity index is 0.819. The first-order valence-corrected chi connectivity index (χ1v) is 47.2. The zero-order valence-corrected chi connectivity index (χ0v) is 79.3. The SMILES string of the molecule is CC(=O)N[C@H]1[C@H](O[C@H]2[C@@H](O)[C@@H](CO)O[C@@H](O[C@H]3[C@H](O)[C@@H](NC(C)=O)[C@H](OC[C@H]4O[C@@H](O[C@H]5[C@H](O)[C@@H](NC(C)=O)[C@H](OC[C@H]6O[C@@H](O[C@H]7[C@H](O)[C@@H](O)C(O)O[C@@H]7CO)[C@H](O)[C@@H](O[C@@H]7O[C@H](CO)[C@@H](O[C@@H]8O[C@H](CO)[C@H](O)[C@H](O)[C@H]8O)[C@H](O)[C@H]7NC(C)=O)[C@H]6O)O[C@@H]5CO)[C@H](O)[C@@H](O[C@@H]5O[C@H](CO)[C@@H](O[C@@H]6O[C@H](CO)[C@H](O)[C@H](O)[C@H]6O)[C@H](O)[C@H]5NC(C)=O)[C@H]4O)O[C@@H]3CO)[C@@H]2O)O[C@H](CO)[C@@H](O[C@@H]2O[C@H](CO)[C@H](O)[C@H](O)[C@H]2O)[C@@H]1O. The van der Waals surface area contributed by atoms with E-state index in [-0.39, 0.29) is 0 Å². The standard InChI is InChI=1S/C82H137N5O61/c1-18(98)83-35-46(109)62(143-80-59(122)68(43(106)26(9-91)132-80)146-74-37(85-20(3)100)48(111)64(30(13-95)135-74)140-77-56(119)51(114)40(103)23(6-88)129-77)28(11-93)133-72(35)126-16-33-44(107)69(147-75-38(86-21(4)101)49(112)65(31(14-96)136-75)141-78-57(120)52(115)41(104)24(7-89)130-78)60(123)81(138-33)144-63-29(12-94)134-73(36(47(63)110)84-19(2)99)127-17-34-45(108)70(61(124)82(139-34)145-67-27(10-92)128-71(125)55(118)54(67)117)148-76-39(87-22(5)102)50(113)66(32(15-97)137-76)142-79-58(121)53(116)42(105)25(8-90)131-79/h23-82,88-97,103-125H,6-17H2,1-5H3,(H,83,98)(H,84,99)(H,85,100)(H,86,101)(H,87,102)/t23-,24-,25-,26-,27-,28-,29-,30-,31-,32-,33-,34-,35-,36-,37-,38-,39-,40+,41+,42+,43+,44+,45+,46-,47-,48-,49-,50-,51+,52+,53+,54-,55-,56-,57-,58-,59-,60-,61-,62-,63-,64-,65-,66-,67-,68+,69+,70+,71?,72-,73-,74+,75+,76+,77+,78+,79+,80+,81+,82+/m1/s1. The number of carbonyl (C=O) groups is 5. The van der Waals surface area contributed by atoms with E-state index in [1.165, 1.54) is 0 Å². The van der Waals surface area contributed by atoms with Crippen LogP contribution in [0, 0.1) is 0 Å². The van der Waals surface area contributed by atoms with E-state index in [2.05, 4.69) is 26.6 Å². The topological polar surface area (TPSA) is 1030 Å². The Hall–Kier alpha value is -4.89. The summed E-state index contributed by atoms with van der Waals surface area (Å²) < 4.78 is 136. The van der Waals surface area contributed by atoms with Crippen molar-refractivity contribution in [3.8, 4) is 0 Å². The summed E-state index contributed by atoms with van der Waals surface area (Å²) >= 11 is 0. The predicted molar refractivity (Wildman–Crippen MR) is 453 cm³/mol.